The van der Waals surface area contributed by atoms with Crippen LogP contribution in [0, 0.1) is 0 Å². The van der Waals surface area contributed by atoms with Crippen LogP contribution in [-0.4, -0.2) is 49.4 Å². The summed E-state index contributed by atoms with van der Waals surface area (Å²) in [7, 11) is 8.50. The second-order valence-electron chi connectivity index (χ2n) is 2.95. The van der Waals surface area contributed by atoms with E-state index in [0.717, 1.165) is 4.48 Å². The smallest absolute Gasteiger partial charge is 0.249 e. The summed E-state index contributed by atoms with van der Waals surface area (Å²) in [6.45, 7) is 0. The zero-order valence-electron chi connectivity index (χ0n) is 7.42. The van der Waals surface area contributed by atoms with Crippen LogP contribution in [0.25, 0.3) is 0 Å². The molecule has 0 saturated carbocycles. The SMILES string of the molecule is C[N+](C)(C)C.N.O.O=C([O-])O. The number of hydrogen-bond acceptors (Lipinski definition) is 3. The van der Waals surface area contributed by atoms with Crippen molar-refractivity contribution in [2.45, 2.75) is 0 Å². The van der Waals surface area contributed by atoms with Crippen LogP contribution >= 0.6 is 0 Å². The van der Waals surface area contributed by atoms with Crippen molar-refractivity contribution in [3.05, 3.63) is 0 Å². The van der Waals surface area contributed by atoms with Gasteiger partial charge >= 0.3 is 0 Å². The molecule has 0 aromatic rings. The summed E-state index contributed by atoms with van der Waals surface area (Å²) in [5.74, 6) is 0. The van der Waals surface area contributed by atoms with E-state index < -0.39 is 6.16 Å². The second-order valence-corrected chi connectivity index (χ2v) is 2.95. The fourth-order valence-electron chi connectivity index (χ4n) is 0. The third-order valence-corrected chi connectivity index (χ3v) is 0. The summed E-state index contributed by atoms with van der Waals surface area (Å²) in [6, 6.07) is 0. The molecule has 0 unspecified atom stereocenters. The Hall–Kier alpha value is -0.850. The van der Waals surface area contributed by atoms with Gasteiger partial charge in [-0.15, -0.1) is 0 Å². The molecule has 0 bridgehead atoms. The molecule has 0 aromatic carbocycles. The highest BCUT2D eigenvalue weighted by molar-refractivity contribution is 5.50. The molecule has 0 radical (unpaired) electrons. The Kier molecular flexibility index (Phi) is 18.7. The molecule has 0 rings (SSSR count). The Balaban J connectivity index is -0.0000000383. The first-order valence-electron chi connectivity index (χ1n) is 2.42. The molecule has 0 fully saturated rings. The maximum absolute atomic E-state index is 8.44. The summed E-state index contributed by atoms with van der Waals surface area (Å²) in [5, 5.41) is 15.3. The molecule has 0 amide bonds. The topological polar surface area (TPSA) is 127 Å². The van der Waals surface area contributed by atoms with E-state index in [4.69, 9.17) is 15.0 Å². The predicted octanol–water partition coefficient (Wildman–Crippen LogP) is -1.45. The first-order valence-corrected chi connectivity index (χ1v) is 2.42. The van der Waals surface area contributed by atoms with E-state index >= 15 is 0 Å². The molecule has 6 nitrogen and oxygen atoms in total. The number of quaternary nitrogens is 1. The molecule has 0 heterocycles. The zero-order valence-corrected chi connectivity index (χ0v) is 7.42. The van der Waals surface area contributed by atoms with Crippen molar-refractivity contribution in [3.8, 4) is 0 Å². The average Bonchev–Trinajstić information content (AvgIpc) is 1.19. The molecule has 6 heteroatoms. The van der Waals surface area contributed by atoms with Crippen LogP contribution in [0.2, 0.25) is 0 Å². The van der Waals surface area contributed by atoms with Gasteiger partial charge in [0.15, 0.2) is 0 Å². The summed E-state index contributed by atoms with van der Waals surface area (Å²) >= 11 is 0. The van der Waals surface area contributed by atoms with Gasteiger partial charge in [-0.1, -0.05) is 0 Å². The molecule has 0 aliphatic heterocycles. The lowest BCUT2D eigenvalue weighted by molar-refractivity contribution is -0.849. The van der Waals surface area contributed by atoms with E-state index in [1.807, 2.05) is 0 Å². The van der Waals surface area contributed by atoms with E-state index in [0.29, 0.717) is 0 Å². The van der Waals surface area contributed by atoms with Crippen LogP contribution in [0.15, 0.2) is 0 Å². The van der Waals surface area contributed by atoms with Crippen molar-refractivity contribution >= 4 is 6.16 Å². The van der Waals surface area contributed by atoms with Crippen LogP contribution < -0.4 is 11.3 Å². The summed E-state index contributed by atoms with van der Waals surface area (Å²) in [6.07, 6.45) is -2.08. The minimum atomic E-state index is -2.08. The van der Waals surface area contributed by atoms with Crippen LogP contribution in [0.5, 0.6) is 0 Å². The molecule has 0 aromatic heterocycles. The van der Waals surface area contributed by atoms with Crippen molar-refractivity contribution in [2.24, 2.45) is 0 Å². The van der Waals surface area contributed by atoms with Crippen LogP contribution in [0.3, 0.4) is 0 Å². The van der Waals surface area contributed by atoms with Gasteiger partial charge in [0.05, 0.1) is 28.2 Å². The highest BCUT2D eigenvalue weighted by Crippen LogP contribution is 1.73. The summed E-state index contributed by atoms with van der Waals surface area (Å²) in [5.41, 5.74) is 0. The predicted molar refractivity (Wildman–Crippen MR) is 40.6 cm³/mol. The van der Waals surface area contributed by atoms with Crippen molar-refractivity contribution in [1.29, 1.82) is 0 Å². The Morgan fingerprint density at radius 1 is 1.27 bits per heavy atom. The molecule has 6 N–H and O–H groups in total. The van der Waals surface area contributed by atoms with Gasteiger partial charge in [-0.2, -0.15) is 0 Å². The van der Waals surface area contributed by atoms with Crippen molar-refractivity contribution in [2.75, 3.05) is 28.2 Å². The molecular formula is C5H18N2O4. The number of nitrogens with zero attached hydrogens (tertiary/aromatic N) is 1. The van der Waals surface area contributed by atoms with E-state index in [-0.39, 0.29) is 11.6 Å². The van der Waals surface area contributed by atoms with E-state index in [2.05, 4.69) is 28.2 Å². The van der Waals surface area contributed by atoms with Crippen LogP contribution in [0.1, 0.15) is 0 Å². The van der Waals surface area contributed by atoms with Crippen molar-refractivity contribution in [3.63, 3.8) is 0 Å². The maximum Gasteiger partial charge on any atom is 0.249 e. The van der Waals surface area contributed by atoms with Gasteiger partial charge in [0, 0.05) is 0 Å². The van der Waals surface area contributed by atoms with E-state index in [1.165, 1.54) is 0 Å². The highest BCUT2D eigenvalue weighted by atomic mass is 16.6. The lowest BCUT2D eigenvalue weighted by Crippen LogP contribution is -2.27. The van der Waals surface area contributed by atoms with E-state index in [1.54, 1.807) is 0 Å². The lowest BCUT2D eigenvalue weighted by Gasteiger charge is -2.14. The van der Waals surface area contributed by atoms with Crippen LogP contribution in [-0.2, 0) is 0 Å². The second kappa shape index (κ2) is 9.15. The van der Waals surface area contributed by atoms with Crippen molar-refractivity contribution in [1.82, 2.24) is 6.15 Å². The fraction of sp³-hybridized carbons (Fsp3) is 0.800. The van der Waals surface area contributed by atoms with Gasteiger partial charge in [-0.25, -0.2) is 0 Å². The van der Waals surface area contributed by atoms with Crippen molar-refractivity contribution < 1.29 is 25.0 Å². The Morgan fingerprint density at radius 3 is 1.27 bits per heavy atom. The molecule has 0 aliphatic carbocycles. The quantitative estimate of drug-likeness (QED) is 0.431. The largest absolute Gasteiger partial charge is 0.565 e. The van der Waals surface area contributed by atoms with Gasteiger partial charge in [0.2, 0.25) is 6.16 Å². The van der Waals surface area contributed by atoms with Gasteiger partial charge in [0.1, 0.15) is 0 Å². The Morgan fingerprint density at radius 2 is 1.27 bits per heavy atom. The summed E-state index contributed by atoms with van der Waals surface area (Å²) < 4.78 is 1.00. The first-order chi connectivity index (χ1) is 3.73. The molecule has 72 valence electrons. The van der Waals surface area contributed by atoms with Gasteiger partial charge < -0.3 is 31.1 Å². The molecular weight excluding hydrogens is 152 g/mol. The van der Waals surface area contributed by atoms with E-state index in [9.17, 15) is 0 Å². The third kappa shape index (κ3) is 647. The first kappa shape index (κ1) is 22.5. The number of carboxylic acid groups (broad SMARTS) is 2. The van der Waals surface area contributed by atoms with Crippen LogP contribution in [0.4, 0.5) is 4.79 Å². The molecule has 0 spiro atoms. The lowest BCUT2D eigenvalue weighted by atomic mass is 10.8. The molecule has 0 atom stereocenters. The third-order valence-electron chi connectivity index (χ3n) is 0. The fourth-order valence-corrected chi connectivity index (χ4v) is 0. The molecule has 11 heavy (non-hydrogen) atoms. The normalized spacial score (nSPS) is 7.64. The van der Waals surface area contributed by atoms with Gasteiger partial charge in [-0.3, -0.25) is 0 Å². The summed E-state index contributed by atoms with van der Waals surface area (Å²) in [4.78, 5) is 8.44. The standard InChI is InChI=1S/C4H12N.CH2O3.H3N.H2O/c1-5(2,3)4;2-1(3)4;;/h1-4H3;(H2,2,3,4);1H3;1H2/q+1;;;/p-1. The zero-order chi connectivity index (χ0) is 8.08. The molecule has 0 saturated heterocycles. The average molecular weight is 170 g/mol. The molecule has 0 aliphatic rings. The Labute approximate surface area is 66.5 Å². The highest BCUT2D eigenvalue weighted by Gasteiger charge is 1.88. The number of carbonyl (C=O) groups is 1. The van der Waals surface area contributed by atoms with Gasteiger partial charge in [-0.05, 0) is 0 Å². The minimum absolute atomic E-state index is 0. The number of rotatable bonds is 0. The van der Waals surface area contributed by atoms with Gasteiger partial charge in [0.25, 0.3) is 0 Å². The number of hydrogen-bond donors (Lipinski definition) is 2. The maximum atomic E-state index is 8.44. The Bertz CT molecular complexity index is 79.0. The monoisotopic (exact) mass is 170 g/mol. The minimum Gasteiger partial charge on any atom is -0.565 e.